The summed E-state index contributed by atoms with van der Waals surface area (Å²) in [5.74, 6) is -0.486. The van der Waals surface area contributed by atoms with E-state index in [4.69, 9.17) is 16.3 Å². The molecule has 0 atom stereocenters. The second-order valence-corrected chi connectivity index (χ2v) is 9.53. The van der Waals surface area contributed by atoms with Gasteiger partial charge < -0.3 is 14.8 Å². The Morgan fingerprint density at radius 3 is 2.44 bits per heavy atom. The lowest BCUT2D eigenvalue weighted by Gasteiger charge is -2.21. The number of hydrogen-bond donors (Lipinski definition) is 1. The van der Waals surface area contributed by atoms with Crippen molar-refractivity contribution in [3.8, 4) is 11.5 Å². The topological polar surface area (TPSA) is 84.9 Å². The molecule has 0 saturated heterocycles. The van der Waals surface area contributed by atoms with E-state index in [1.54, 1.807) is 19.9 Å². The molecule has 1 amide bonds. The van der Waals surface area contributed by atoms with Gasteiger partial charge in [0.25, 0.3) is 5.91 Å². The van der Waals surface area contributed by atoms with Gasteiger partial charge >= 0.3 is 6.61 Å². The predicted octanol–water partition coefficient (Wildman–Crippen LogP) is 3.95. The highest BCUT2D eigenvalue weighted by Crippen LogP contribution is 2.29. The van der Waals surface area contributed by atoms with E-state index in [1.165, 1.54) is 48.8 Å². The van der Waals surface area contributed by atoms with E-state index < -0.39 is 22.5 Å². The van der Waals surface area contributed by atoms with Crippen LogP contribution in [0.15, 0.2) is 41.3 Å². The van der Waals surface area contributed by atoms with E-state index in [0.717, 1.165) is 0 Å². The van der Waals surface area contributed by atoms with Crippen molar-refractivity contribution in [1.82, 2.24) is 9.62 Å². The molecule has 1 N–H and O–H groups in total. The van der Waals surface area contributed by atoms with Gasteiger partial charge in [-0.3, -0.25) is 4.79 Å². The lowest BCUT2D eigenvalue weighted by atomic mass is 10.1. The number of alkyl halides is 2. The zero-order valence-corrected chi connectivity index (χ0v) is 19.6. The van der Waals surface area contributed by atoms with Gasteiger partial charge in [-0.15, -0.1) is 0 Å². The van der Waals surface area contributed by atoms with Crippen molar-refractivity contribution in [3.05, 3.63) is 52.5 Å². The molecule has 7 nitrogen and oxygen atoms in total. The van der Waals surface area contributed by atoms with Gasteiger partial charge in [-0.25, -0.2) is 8.42 Å². The zero-order chi connectivity index (χ0) is 24.1. The van der Waals surface area contributed by atoms with Crippen molar-refractivity contribution >= 4 is 27.5 Å². The number of ether oxygens (including phenoxy) is 2. The molecule has 0 heterocycles. The molecule has 0 aliphatic heterocycles. The van der Waals surface area contributed by atoms with Crippen LogP contribution in [0.25, 0.3) is 0 Å². The Bertz CT molecular complexity index is 1060. The first-order valence-corrected chi connectivity index (χ1v) is 11.5. The number of halogens is 3. The molecule has 11 heteroatoms. The second kappa shape index (κ2) is 10.9. The maximum absolute atomic E-state index is 12.7. The number of sulfonamides is 1. The van der Waals surface area contributed by atoms with Crippen molar-refractivity contribution in [1.29, 1.82) is 0 Å². The number of methoxy groups -OCH3 is 1. The Kier molecular flexibility index (Phi) is 8.82. The number of benzene rings is 2. The highest BCUT2D eigenvalue weighted by Gasteiger charge is 2.25. The summed E-state index contributed by atoms with van der Waals surface area (Å²) in [7, 11) is -0.989. The third-order valence-corrected chi connectivity index (χ3v) is 7.09. The summed E-state index contributed by atoms with van der Waals surface area (Å²) in [6.45, 7) is 0.694. The Hall–Kier alpha value is -2.43. The van der Waals surface area contributed by atoms with Gasteiger partial charge in [-0.2, -0.15) is 13.1 Å². The van der Waals surface area contributed by atoms with Gasteiger partial charge in [0.05, 0.1) is 22.6 Å². The van der Waals surface area contributed by atoms with Crippen LogP contribution in [0, 0.1) is 0 Å². The molecule has 0 bridgehead atoms. The molecule has 0 unspecified atom stereocenters. The van der Waals surface area contributed by atoms with Crippen LogP contribution in [0.2, 0.25) is 5.02 Å². The number of amides is 1. The van der Waals surface area contributed by atoms with Crippen molar-refractivity contribution in [2.24, 2.45) is 0 Å². The number of rotatable bonds is 10. The van der Waals surface area contributed by atoms with Crippen LogP contribution in [-0.4, -0.2) is 52.0 Å². The van der Waals surface area contributed by atoms with Crippen LogP contribution >= 0.6 is 11.6 Å². The Morgan fingerprint density at radius 1 is 1.16 bits per heavy atom. The van der Waals surface area contributed by atoms with E-state index in [9.17, 15) is 22.0 Å². The Balaban J connectivity index is 2.11. The van der Waals surface area contributed by atoms with Gasteiger partial charge in [0.2, 0.25) is 10.0 Å². The van der Waals surface area contributed by atoms with E-state index in [-0.39, 0.29) is 39.6 Å². The van der Waals surface area contributed by atoms with Crippen molar-refractivity contribution in [2.75, 3.05) is 20.7 Å². The minimum absolute atomic E-state index is 0.0307. The predicted molar refractivity (Wildman–Crippen MR) is 117 cm³/mol. The minimum Gasteiger partial charge on any atom is -0.493 e. The average molecular weight is 491 g/mol. The molecular formula is C21H25ClF2N2O5S. The fraction of sp³-hybridized carbons (Fsp3) is 0.381. The second-order valence-electron chi connectivity index (χ2n) is 7.13. The quantitative estimate of drug-likeness (QED) is 0.545. The molecule has 0 aromatic heterocycles. The number of carbonyl (C=O) groups excluding carboxylic acids is 1. The minimum atomic E-state index is -3.78. The number of nitrogens with zero attached hydrogens (tertiary/aromatic N) is 1. The van der Waals surface area contributed by atoms with Gasteiger partial charge in [0, 0.05) is 19.6 Å². The molecule has 176 valence electrons. The van der Waals surface area contributed by atoms with E-state index in [2.05, 4.69) is 10.1 Å². The van der Waals surface area contributed by atoms with Gasteiger partial charge in [-0.1, -0.05) is 17.7 Å². The Labute approximate surface area is 191 Å². The van der Waals surface area contributed by atoms with Crippen LogP contribution in [0.4, 0.5) is 8.78 Å². The first-order chi connectivity index (χ1) is 15.0. The molecule has 32 heavy (non-hydrogen) atoms. The van der Waals surface area contributed by atoms with Crippen LogP contribution < -0.4 is 14.8 Å². The third-order valence-electron chi connectivity index (χ3n) is 4.73. The summed E-state index contributed by atoms with van der Waals surface area (Å²) >= 11 is 6.12. The molecule has 0 saturated carbocycles. The van der Waals surface area contributed by atoms with Crippen LogP contribution in [-0.2, 0) is 16.4 Å². The SMILES string of the molecule is COc1cc(CCNC(=O)c2cc(S(=O)(=O)N(C)C(C)C)ccc2Cl)ccc1OC(F)F. The van der Waals surface area contributed by atoms with Gasteiger partial charge in [0.1, 0.15) is 0 Å². The van der Waals surface area contributed by atoms with Crippen molar-refractivity contribution in [3.63, 3.8) is 0 Å². The molecule has 0 aliphatic rings. The van der Waals surface area contributed by atoms with E-state index >= 15 is 0 Å². The smallest absolute Gasteiger partial charge is 0.387 e. The summed E-state index contributed by atoms with van der Waals surface area (Å²) in [4.78, 5) is 12.6. The maximum Gasteiger partial charge on any atom is 0.387 e. The zero-order valence-electron chi connectivity index (χ0n) is 18.1. The summed E-state index contributed by atoms with van der Waals surface area (Å²) in [5, 5.41) is 2.79. The molecular weight excluding hydrogens is 466 g/mol. The highest BCUT2D eigenvalue weighted by atomic mass is 35.5. The molecule has 0 fully saturated rings. The molecule has 2 aromatic carbocycles. The maximum atomic E-state index is 12.7. The van der Waals surface area contributed by atoms with E-state index in [1.807, 2.05) is 0 Å². The molecule has 0 spiro atoms. The van der Waals surface area contributed by atoms with E-state index in [0.29, 0.717) is 12.0 Å². The number of hydrogen-bond acceptors (Lipinski definition) is 5. The first kappa shape index (κ1) is 25.8. The summed E-state index contributed by atoms with van der Waals surface area (Å²) in [6.07, 6.45) is 0.364. The largest absolute Gasteiger partial charge is 0.493 e. The normalized spacial score (nSPS) is 11.8. The van der Waals surface area contributed by atoms with Gasteiger partial charge in [0.15, 0.2) is 11.5 Å². The van der Waals surface area contributed by atoms with Crippen LogP contribution in [0.5, 0.6) is 11.5 Å². The standard InChI is InChI=1S/C21H25ClF2N2O5S/c1-13(2)26(3)32(28,29)15-6-7-17(22)16(12-15)20(27)25-10-9-14-5-8-18(31-21(23)24)19(11-14)30-4/h5-8,11-13,21H,9-10H2,1-4H3,(H,25,27). The Morgan fingerprint density at radius 2 is 1.84 bits per heavy atom. The lowest BCUT2D eigenvalue weighted by Crippen LogP contribution is -2.33. The van der Waals surface area contributed by atoms with Crippen molar-refractivity contribution < 1.29 is 31.5 Å². The summed E-state index contributed by atoms with van der Waals surface area (Å²) in [5.41, 5.74) is 0.743. The average Bonchev–Trinajstić information content (AvgIpc) is 2.73. The fourth-order valence-corrected chi connectivity index (χ4v) is 4.36. The molecule has 2 rings (SSSR count). The first-order valence-electron chi connectivity index (χ1n) is 9.65. The third kappa shape index (κ3) is 6.30. The highest BCUT2D eigenvalue weighted by molar-refractivity contribution is 7.89. The van der Waals surface area contributed by atoms with Gasteiger partial charge in [-0.05, 0) is 56.2 Å². The molecule has 2 aromatic rings. The van der Waals surface area contributed by atoms with Crippen LogP contribution in [0.1, 0.15) is 29.8 Å². The summed E-state index contributed by atoms with van der Waals surface area (Å²) in [6, 6.07) is 8.17. The lowest BCUT2D eigenvalue weighted by molar-refractivity contribution is -0.0512. The molecule has 0 aliphatic carbocycles. The van der Waals surface area contributed by atoms with Crippen molar-refractivity contribution in [2.45, 2.75) is 37.8 Å². The number of nitrogens with one attached hydrogen (secondary N) is 1. The van der Waals surface area contributed by atoms with Crippen LogP contribution in [0.3, 0.4) is 0 Å². The fourth-order valence-electron chi connectivity index (χ4n) is 2.76. The monoisotopic (exact) mass is 490 g/mol. The number of carbonyl (C=O) groups is 1. The summed E-state index contributed by atoms with van der Waals surface area (Å²) < 4.78 is 60.9. The molecule has 0 radical (unpaired) electrons.